The van der Waals surface area contributed by atoms with Crippen LogP contribution in [0.2, 0.25) is 0 Å². The van der Waals surface area contributed by atoms with Gasteiger partial charge in [-0.2, -0.15) is 0 Å². The summed E-state index contributed by atoms with van der Waals surface area (Å²) in [5.74, 6) is 1.92. The maximum absolute atomic E-state index is 2.37. The van der Waals surface area contributed by atoms with Crippen LogP contribution in [-0.2, 0) is 6.42 Å². The lowest BCUT2D eigenvalue weighted by atomic mass is 9.86. The Morgan fingerprint density at radius 2 is 1.71 bits per heavy atom. The van der Waals surface area contributed by atoms with Crippen molar-refractivity contribution in [1.29, 1.82) is 0 Å². The van der Waals surface area contributed by atoms with E-state index in [1.54, 1.807) is 11.1 Å². The van der Waals surface area contributed by atoms with Crippen molar-refractivity contribution in [2.45, 2.75) is 44.4 Å². The van der Waals surface area contributed by atoms with Crippen molar-refractivity contribution < 1.29 is 0 Å². The van der Waals surface area contributed by atoms with Gasteiger partial charge in [-0.15, -0.1) is 0 Å². The molecule has 1 atom stereocenters. The Labute approximate surface area is 86.3 Å². The quantitative estimate of drug-likeness (QED) is 0.624. The number of aryl methyl sites for hydroxylation is 1. The molecule has 0 N–H and O–H groups in total. The van der Waals surface area contributed by atoms with Crippen molar-refractivity contribution >= 4 is 0 Å². The van der Waals surface area contributed by atoms with Crippen LogP contribution in [0, 0.1) is 5.92 Å². The van der Waals surface area contributed by atoms with Gasteiger partial charge < -0.3 is 0 Å². The third-order valence-electron chi connectivity index (χ3n) is 4.15. The lowest BCUT2D eigenvalue weighted by Crippen LogP contribution is -2.05. The largest absolute Gasteiger partial charge is 0.0620 e. The highest BCUT2D eigenvalue weighted by molar-refractivity contribution is 5.35. The first-order chi connectivity index (χ1) is 6.95. The molecule has 0 amide bonds. The van der Waals surface area contributed by atoms with E-state index in [0.29, 0.717) is 0 Å². The van der Waals surface area contributed by atoms with Gasteiger partial charge in [0.15, 0.2) is 0 Å². The highest BCUT2D eigenvalue weighted by Crippen LogP contribution is 2.44. The molecule has 0 spiro atoms. The van der Waals surface area contributed by atoms with E-state index >= 15 is 0 Å². The summed E-state index contributed by atoms with van der Waals surface area (Å²) in [5, 5.41) is 0. The maximum atomic E-state index is 2.37. The Morgan fingerprint density at radius 1 is 0.929 bits per heavy atom. The normalized spacial score (nSPS) is 26.7. The summed E-state index contributed by atoms with van der Waals surface area (Å²) in [4.78, 5) is 0. The molecule has 1 saturated carbocycles. The van der Waals surface area contributed by atoms with Crippen LogP contribution in [0.3, 0.4) is 0 Å². The topological polar surface area (TPSA) is 0 Å². The summed E-state index contributed by atoms with van der Waals surface area (Å²) in [7, 11) is 0. The summed E-state index contributed by atoms with van der Waals surface area (Å²) in [6.45, 7) is 0. The molecule has 74 valence electrons. The van der Waals surface area contributed by atoms with E-state index in [0.717, 1.165) is 11.8 Å². The molecule has 3 rings (SSSR count). The summed E-state index contributed by atoms with van der Waals surface area (Å²) >= 11 is 0. The number of rotatable bonds is 1. The zero-order valence-corrected chi connectivity index (χ0v) is 8.71. The molecule has 0 heteroatoms. The molecule has 1 fully saturated rings. The second-order valence-corrected chi connectivity index (χ2v) is 4.89. The molecule has 0 saturated heterocycles. The van der Waals surface area contributed by atoms with Crippen LogP contribution in [0.25, 0.3) is 0 Å². The van der Waals surface area contributed by atoms with E-state index < -0.39 is 0 Å². The van der Waals surface area contributed by atoms with E-state index in [-0.39, 0.29) is 0 Å². The molecule has 0 aromatic heterocycles. The van der Waals surface area contributed by atoms with Gasteiger partial charge in [-0.05, 0) is 48.6 Å². The van der Waals surface area contributed by atoms with E-state index in [1.165, 1.54) is 38.5 Å². The van der Waals surface area contributed by atoms with Crippen molar-refractivity contribution in [3.8, 4) is 0 Å². The van der Waals surface area contributed by atoms with E-state index in [9.17, 15) is 0 Å². The first-order valence-corrected chi connectivity index (χ1v) is 6.03. The maximum Gasteiger partial charge on any atom is -0.0128 e. The van der Waals surface area contributed by atoms with Gasteiger partial charge in [0.2, 0.25) is 0 Å². The number of hydrogen-bond donors (Lipinski definition) is 0. The molecular weight excluding hydrogens is 168 g/mol. The fourth-order valence-electron chi connectivity index (χ4n) is 3.44. The average Bonchev–Trinajstić information content (AvgIpc) is 2.85. The Bertz CT molecular complexity index is 321. The number of fused-ring (bicyclic) bond motifs is 1. The minimum Gasteiger partial charge on any atom is -0.0620 e. The monoisotopic (exact) mass is 186 g/mol. The lowest BCUT2D eigenvalue weighted by molar-refractivity contribution is 0.432. The fourth-order valence-corrected chi connectivity index (χ4v) is 3.44. The van der Waals surface area contributed by atoms with Crippen LogP contribution in [0.5, 0.6) is 0 Å². The smallest absolute Gasteiger partial charge is 0.0128 e. The van der Waals surface area contributed by atoms with E-state index in [2.05, 4.69) is 24.3 Å². The minimum atomic E-state index is 0.911. The van der Waals surface area contributed by atoms with Gasteiger partial charge in [0.1, 0.15) is 0 Å². The van der Waals surface area contributed by atoms with Crippen molar-refractivity contribution in [1.82, 2.24) is 0 Å². The molecule has 0 bridgehead atoms. The first kappa shape index (κ1) is 8.52. The van der Waals surface area contributed by atoms with Crippen LogP contribution in [0.4, 0.5) is 0 Å². The number of hydrogen-bond acceptors (Lipinski definition) is 0. The summed E-state index contributed by atoms with van der Waals surface area (Å²) in [6, 6.07) is 9.09. The highest BCUT2D eigenvalue weighted by atomic mass is 14.4. The van der Waals surface area contributed by atoms with Gasteiger partial charge in [0.05, 0.1) is 0 Å². The predicted octanol–water partition coefficient (Wildman–Crippen LogP) is 3.91. The Hall–Kier alpha value is -0.780. The SMILES string of the molecule is c1ccc2c(c1)CC[C@H]2C1CCCC1. The molecule has 14 heavy (non-hydrogen) atoms. The van der Waals surface area contributed by atoms with Crippen molar-refractivity contribution in [3.05, 3.63) is 35.4 Å². The summed E-state index contributed by atoms with van der Waals surface area (Å²) in [5.41, 5.74) is 3.31. The standard InChI is InChI=1S/C14H18/c1-2-6-11(5-1)14-10-9-12-7-3-4-8-13(12)14/h3-4,7-8,11,14H,1-2,5-6,9-10H2/t14-/m0/s1. The Balaban J connectivity index is 1.89. The van der Waals surface area contributed by atoms with Gasteiger partial charge in [0, 0.05) is 0 Å². The molecule has 0 radical (unpaired) electrons. The highest BCUT2D eigenvalue weighted by Gasteiger charge is 2.30. The third-order valence-corrected chi connectivity index (χ3v) is 4.15. The predicted molar refractivity (Wildman–Crippen MR) is 59.5 cm³/mol. The molecule has 0 heterocycles. The van der Waals surface area contributed by atoms with Crippen molar-refractivity contribution in [2.24, 2.45) is 5.92 Å². The van der Waals surface area contributed by atoms with Crippen molar-refractivity contribution in [3.63, 3.8) is 0 Å². The molecule has 0 nitrogen and oxygen atoms in total. The molecule has 2 aliphatic rings. The average molecular weight is 186 g/mol. The fraction of sp³-hybridized carbons (Fsp3) is 0.571. The van der Waals surface area contributed by atoms with Gasteiger partial charge in [-0.3, -0.25) is 0 Å². The Kier molecular flexibility index (Phi) is 2.08. The molecule has 0 aliphatic heterocycles. The van der Waals surface area contributed by atoms with Crippen LogP contribution < -0.4 is 0 Å². The molecular formula is C14H18. The zero-order valence-electron chi connectivity index (χ0n) is 8.71. The Morgan fingerprint density at radius 3 is 2.57 bits per heavy atom. The first-order valence-electron chi connectivity index (χ1n) is 6.03. The van der Waals surface area contributed by atoms with Gasteiger partial charge in [-0.1, -0.05) is 37.1 Å². The lowest BCUT2D eigenvalue weighted by Gasteiger charge is -2.18. The van der Waals surface area contributed by atoms with Crippen LogP contribution >= 0.6 is 0 Å². The van der Waals surface area contributed by atoms with Crippen LogP contribution in [0.15, 0.2) is 24.3 Å². The van der Waals surface area contributed by atoms with Crippen LogP contribution in [0.1, 0.15) is 49.1 Å². The van der Waals surface area contributed by atoms with Crippen LogP contribution in [-0.4, -0.2) is 0 Å². The third kappa shape index (κ3) is 1.28. The van der Waals surface area contributed by atoms with Gasteiger partial charge in [0.25, 0.3) is 0 Å². The molecule has 1 aromatic carbocycles. The number of benzene rings is 1. The second-order valence-electron chi connectivity index (χ2n) is 4.89. The molecule has 0 unspecified atom stereocenters. The summed E-state index contributed by atoms with van der Waals surface area (Å²) in [6.07, 6.45) is 8.67. The van der Waals surface area contributed by atoms with Crippen molar-refractivity contribution in [2.75, 3.05) is 0 Å². The zero-order chi connectivity index (χ0) is 9.38. The van der Waals surface area contributed by atoms with Gasteiger partial charge >= 0.3 is 0 Å². The van der Waals surface area contributed by atoms with E-state index in [4.69, 9.17) is 0 Å². The summed E-state index contributed by atoms with van der Waals surface area (Å²) < 4.78 is 0. The molecule has 1 aromatic rings. The minimum absolute atomic E-state index is 0.911. The second kappa shape index (κ2) is 3.42. The molecule has 2 aliphatic carbocycles. The van der Waals surface area contributed by atoms with Gasteiger partial charge in [-0.25, -0.2) is 0 Å². The van der Waals surface area contributed by atoms with E-state index in [1.807, 2.05) is 0 Å².